The fourth-order valence-electron chi connectivity index (χ4n) is 5.06. The highest BCUT2D eigenvalue weighted by Gasteiger charge is 2.48. The zero-order valence-corrected chi connectivity index (χ0v) is 26.7. The second-order valence-electron chi connectivity index (χ2n) is 11.2. The van der Waals surface area contributed by atoms with E-state index in [2.05, 4.69) is 29.4 Å². The van der Waals surface area contributed by atoms with E-state index in [9.17, 15) is 23.6 Å². The molecule has 1 aliphatic rings. The Hall–Kier alpha value is -3.28. The summed E-state index contributed by atoms with van der Waals surface area (Å²) in [4.78, 5) is 51.6. The van der Waals surface area contributed by atoms with Crippen molar-refractivity contribution in [2.24, 2.45) is 0 Å². The molecule has 11 nitrogen and oxygen atoms in total. The summed E-state index contributed by atoms with van der Waals surface area (Å²) in [6.07, 6.45) is 16.4. The number of ether oxygens (including phenoxy) is 4. The Bertz CT molecular complexity index is 1130. The number of amides is 1. The van der Waals surface area contributed by atoms with Crippen molar-refractivity contribution in [3.63, 3.8) is 0 Å². The Morgan fingerprint density at radius 1 is 0.909 bits per heavy atom. The van der Waals surface area contributed by atoms with Crippen LogP contribution < -0.4 is 11.0 Å². The predicted octanol–water partition coefficient (Wildman–Crippen LogP) is 6.75. The lowest BCUT2D eigenvalue weighted by molar-refractivity contribution is -0.165. The smallest absolute Gasteiger partial charge is 0.412 e. The summed E-state index contributed by atoms with van der Waals surface area (Å²) < 4.78 is 36.8. The molecule has 4 unspecified atom stereocenters. The minimum absolute atomic E-state index is 0.154. The SMILES string of the molecule is CCCCCCCC/C=C\CCCCCCCCOC(=O)Nc1nc(=O)n(C2OC(C)C(OC(C)=O)C2OC(C)=O)cc1F. The maximum atomic E-state index is 14.8. The molecule has 2 rings (SSSR count). The molecule has 0 bridgehead atoms. The van der Waals surface area contributed by atoms with Gasteiger partial charge in [-0.15, -0.1) is 0 Å². The van der Waals surface area contributed by atoms with Crippen molar-refractivity contribution in [3.8, 4) is 0 Å². The Morgan fingerprint density at radius 3 is 2.05 bits per heavy atom. The molecule has 1 N–H and O–H groups in total. The topological polar surface area (TPSA) is 135 Å². The van der Waals surface area contributed by atoms with E-state index < -0.39 is 59.9 Å². The molecule has 0 aliphatic carbocycles. The van der Waals surface area contributed by atoms with Crippen LogP contribution in [-0.2, 0) is 28.5 Å². The number of rotatable bonds is 20. The fourth-order valence-corrected chi connectivity index (χ4v) is 5.06. The Kier molecular flexibility index (Phi) is 17.3. The van der Waals surface area contributed by atoms with E-state index in [-0.39, 0.29) is 6.61 Å². The molecule has 0 radical (unpaired) electrons. The van der Waals surface area contributed by atoms with Gasteiger partial charge in [0.15, 0.2) is 30.1 Å². The van der Waals surface area contributed by atoms with Gasteiger partial charge in [-0.25, -0.2) is 14.0 Å². The first kappa shape index (κ1) is 36.9. The van der Waals surface area contributed by atoms with Gasteiger partial charge in [-0.3, -0.25) is 19.5 Å². The third-order valence-corrected chi connectivity index (χ3v) is 7.32. The van der Waals surface area contributed by atoms with Crippen LogP contribution in [0.3, 0.4) is 0 Å². The van der Waals surface area contributed by atoms with Crippen molar-refractivity contribution in [3.05, 3.63) is 34.7 Å². The standard InChI is InChI=1S/C32H50FN3O8/c1-5-6-7-8-9-10-11-12-13-14-15-16-17-18-19-20-21-41-32(40)35-29-26(33)22-36(31(39)34-29)30-28(44-25(4)38)27(23(2)42-30)43-24(3)37/h12-13,22-23,27-28,30H,5-11,14-21H2,1-4H3,(H,34,35,39,40)/b13-12-. The van der Waals surface area contributed by atoms with Gasteiger partial charge in [0.2, 0.25) is 0 Å². The molecule has 1 aromatic rings. The van der Waals surface area contributed by atoms with E-state index in [1.807, 2.05) is 0 Å². The summed E-state index contributed by atoms with van der Waals surface area (Å²) in [6.45, 7) is 6.27. The lowest BCUT2D eigenvalue weighted by Crippen LogP contribution is -2.40. The molecule has 1 fully saturated rings. The number of esters is 2. The number of carbonyl (C=O) groups is 3. The Balaban J connectivity index is 1.68. The van der Waals surface area contributed by atoms with E-state index in [1.54, 1.807) is 6.92 Å². The molecule has 12 heteroatoms. The van der Waals surface area contributed by atoms with Crippen LogP contribution in [0.15, 0.2) is 23.1 Å². The number of hydrogen-bond acceptors (Lipinski definition) is 9. The van der Waals surface area contributed by atoms with Gasteiger partial charge in [0.05, 0.1) is 18.9 Å². The maximum absolute atomic E-state index is 14.8. The summed E-state index contributed by atoms with van der Waals surface area (Å²) >= 11 is 0. The number of nitrogens with zero attached hydrogens (tertiary/aromatic N) is 2. The molecule has 2 heterocycles. The summed E-state index contributed by atoms with van der Waals surface area (Å²) in [5.74, 6) is -2.99. The number of hydrogen-bond donors (Lipinski definition) is 1. The largest absolute Gasteiger partial charge is 0.456 e. The molecule has 1 saturated heterocycles. The molecule has 44 heavy (non-hydrogen) atoms. The van der Waals surface area contributed by atoms with Crippen LogP contribution in [0.2, 0.25) is 0 Å². The highest BCUT2D eigenvalue weighted by molar-refractivity contribution is 5.83. The van der Waals surface area contributed by atoms with Gasteiger partial charge in [-0.05, 0) is 39.0 Å². The quantitative estimate of drug-likeness (QED) is 0.0724. The van der Waals surface area contributed by atoms with Gasteiger partial charge in [0, 0.05) is 13.8 Å². The molecular formula is C32H50FN3O8. The van der Waals surface area contributed by atoms with Crippen molar-refractivity contribution in [1.29, 1.82) is 0 Å². The first-order chi connectivity index (χ1) is 21.1. The maximum Gasteiger partial charge on any atom is 0.412 e. The predicted molar refractivity (Wildman–Crippen MR) is 164 cm³/mol. The van der Waals surface area contributed by atoms with Crippen molar-refractivity contribution in [2.45, 2.75) is 142 Å². The molecule has 248 valence electrons. The monoisotopic (exact) mass is 623 g/mol. The molecular weight excluding hydrogens is 573 g/mol. The zero-order chi connectivity index (χ0) is 32.3. The van der Waals surface area contributed by atoms with Gasteiger partial charge in [0.25, 0.3) is 0 Å². The number of anilines is 1. The third-order valence-electron chi connectivity index (χ3n) is 7.32. The molecule has 1 amide bonds. The molecule has 1 aromatic heterocycles. The minimum atomic E-state index is -1.31. The van der Waals surface area contributed by atoms with Crippen LogP contribution in [0, 0.1) is 5.82 Å². The highest BCUT2D eigenvalue weighted by Crippen LogP contribution is 2.33. The first-order valence-corrected chi connectivity index (χ1v) is 16.0. The summed E-state index contributed by atoms with van der Waals surface area (Å²) in [5.41, 5.74) is -0.979. The van der Waals surface area contributed by atoms with Gasteiger partial charge in [-0.2, -0.15) is 4.98 Å². The van der Waals surface area contributed by atoms with Gasteiger partial charge in [-0.1, -0.05) is 76.9 Å². The number of nitrogens with one attached hydrogen (secondary N) is 1. The molecule has 4 atom stereocenters. The van der Waals surface area contributed by atoms with Crippen molar-refractivity contribution < 1.29 is 37.7 Å². The van der Waals surface area contributed by atoms with Gasteiger partial charge < -0.3 is 18.9 Å². The Labute approximate surface area is 259 Å². The van der Waals surface area contributed by atoms with E-state index in [1.165, 1.54) is 58.3 Å². The second-order valence-corrected chi connectivity index (χ2v) is 11.2. The van der Waals surface area contributed by atoms with Crippen LogP contribution >= 0.6 is 0 Å². The summed E-state index contributed by atoms with van der Waals surface area (Å²) in [5, 5.41) is 2.15. The van der Waals surface area contributed by atoms with Crippen molar-refractivity contribution in [2.75, 3.05) is 11.9 Å². The van der Waals surface area contributed by atoms with E-state index in [0.717, 1.165) is 49.8 Å². The molecule has 0 spiro atoms. The Morgan fingerprint density at radius 2 is 1.45 bits per heavy atom. The van der Waals surface area contributed by atoms with Crippen LogP contribution in [0.1, 0.15) is 124 Å². The minimum Gasteiger partial charge on any atom is -0.456 e. The number of carbonyl (C=O) groups excluding carboxylic acids is 3. The lowest BCUT2D eigenvalue weighted by Gasteiger charge is -2.23. The van der Waals surface area contributed by atoms with Crippen molar-refractivity contribution >= 4 is 23.8 Å². The van der Waals surface area contributed by atoms with Gasteiger partial charge in [0.1, 0.15) is 0 Å². The van der Waals surface area contributed by atoms with Gasteiger partial charge >= 0.3 is 23.7 Å². The molecule has 0 aromatic carbocycles. The van der Waals surface area contributed by atoms with E-state index in [0.29, 0.717) is 6.42 Å². The lowest BCUT2D eigenvalue weighted by atomic mass is 10.1. The van der Waals surface area contributed by atoms with Crippen LogP contribution in [0.4, 0.5) is 15.0 Å². The highest BCUT2D eigenvalue weighted by atomic mass is 19.1. The number of halogens is 1. The van der Waals surface area contributed by atoms with E-state index in [4.69, 9.17) is 18.9 Å². The summed E-state index contributed by atoms with van der Waals surface area (Å²) in [6, 6.07) is 0. The van der Waals surface area contributed by atoms with Crippen LogP contribution in [-0.4, -0.2) is 52.5 Å². The fraction of sp³-hybridized carbons (Fsp3) is 0.719. The molecule has 1 aliphatic heterocycles. The average Bonchev–Trinajstić information content (AvgIpc) is 3.25. The summed E-state index contributed by atoms with van der Waals surface area (Å²) in [7, 11) is 0. The van der Waals surface area contributed by atoms with Crippen LogP contribution in [0.5, 0.6) is 0 Å². The number of allylic oxidation sites excluding steroid dienone is 2. The number of unbranched alkanes of at least 4 members (excludes halogenated alkanes) is 12. The van der Waals surface area contributed by atoms with E-state index >= 15 is 0 Å². The first-order valence-electron chi connectivity index (χ1n) is 16.0. The number of aromatic nitrogens is 2. The zero-order valence-electron chi connectivity index (χ0n) is 26.7. The average molecular weight is 624 g/mol. The van der Waals surface area contributed by atoms with Crippen LogP contribution in [0.25, 0.3) is 0 Å². The molecule has 0 saturated carbocycles. The normalized spacial score (nSPS) is 19.7. The second kappa shape index (κ2) is 20.6. The third kappa shape index (κ3) is 13.6. The van der Waals surface area contributed by atoms with Crippen molar-refractivity contribution in [1.82, 2.24) is 9.55 Å².